The van der Waals surface area contributed by atoms with Crippen LogP contribution >= 0.6 is 0 Å². The average molecular weight is 432 g/mol. The lowest BCUT2D eigenvalue weighted by Crippen LogP contribution is -2.41. The normalized spacial score (nSPS) is 10.3. The number of amides is 3. The van der Waals surface area contributed by atoms with E-state index in [0.717, 1.165) is 23.4 Å². The first-order chi connectivity index (χ1) is 15.5. The molecule has 0 atom stereocenters. The zero-order valence-electron chi connectivity index (χ0n) is 18.5. The molecule has 0 bridgehead atoms. The third-order valence-corrected chi connectivity index (χ3v) is 4.78. The van der Waals surface area contributed by atoms with Gasteiger partial charge in [-0.15, -0.1) is 0 Å². The Balaban J connectivity index is 1.73. The predicted molar refractivity (Wildman–Crippen MR) is 128 cm³/mol. The predicted octanol–water partition coefficient (Wildman–Crippen LogP) is 5.74. The van der Waals surface area contributed by atoms with Gasteiger partial charge in [0.1, 0.15) is 11.5 Å². The maximum Gasteiger partial charge on any atom is 0.326 e. The van der Waals surface area contributed by atoms with Crippen molar-refractivity contribution in [3.63, 3.8) is 0 Å². The number of carbonyl (C=O) groups excluding carboxylic acids is 2. The Labute approximate surface area is 189 Å². The second kappa shape index (κ2) is 11.6. The van der Waals surface area contributed by atoms with Crippen molar-refractivity contribution >= 4 is 23.3 Å². The van der Waals surface area contributed by atoms with E-state index in [1.165, 1.54) is 0 Å². The molecular formula is C26H29N3O3. The largest absolute Gasteiger partial charge is 0.457 e. The van der Waals surface area contributed by atoms with Crippen LogP contribution < -0.4 is 20.3 Å². The maximum atomic E-state index is 13.1. The Morgan fingerprint density at radius 3 is 2.31 bits per heavy atom. The summed E-state index contributed by atoms with van der Waals surface area (Å²) in [5, 5.41) is 5.81. The summed E-state index contributed by atoms with van der Waals surface area (Å²) in [6.45, 7) is 4.64. The molecule has 32 heavy (non-hydrogen) atoms. The van der Waals surface area contributed by atoms with Crippen molar-refractivity contribution in [2.24, 2.45) is 0 Å². The van der Waals surface area contributed by atoms with Crippen LogP contribution in [0.4, 0.5) is 16.2 Å². The number of benzene rings is 3. The zero-order chi connectivity index (χ0) is 22.8. The summed E-state index contributed by atoms with van der Waals surface area (Å²) < 4.78 is 5.85. The van der Waals surface area contributed by atoms with Gasteiger partial charge in [0.05, 0.1) is 0 Å². The van der Waals surface area contributed by atoms with E-state index in [0.29, 0.717) is 30.9 Å². The summed E-state index contributed by atoms with van der Waals surface area (Å²) in [6, 6.07) is 24.2. The number of hydrogen-bond donors (Lipinski definition) is 2. The fourth-order valence-electron chi connectivity index (χ4n) is 3.20. The molecular weight excluding hydrogens is 402 g/mol. The first-order valence-electron chi connectivity index (χ1n) is 10.8. The number of para-hydroxylation sites is 1. The molecule has 0 fully saturated rings. The van der Waals surface area contributed by atoms with Crippen LogP contribution in [-0.4, -0.2) is 25.0 Å². The first-order valence-corrected chi connectivity index (χ1v) is 10.8. The Morgan fingerprint density at radius 1 is 0.906 bits per heavy atom. The summed E-state index contributed by atoms with van der Waals surface area (Å²) in [6.07, 6.45) is 1.26. The molecule has 6 heteroatoms. The Bertz CT molecular complexity index is 1020. The zero-order valence-corrected chi connectivity index (χ0v) is 18.5. The molecule has 3 aromatic rings. The van der Waals surface area contributed by atoms with E-state index in [1.807, 2.05) is 92.7 Å². The van der Waals surface area contributed by atoms with Gasteiger partial charge in [0.25, 0.3) is 0 Å². The van der Waals surface area contributed by atoms with E-state index in [-0.39, 0.29) is 11.9 Å². The van der Waals surface area contributed by atoms with Crippen LogP contribution in [0.5, 0.6) is 11.5 Å². The Morgan fingerprint density at radius 2 is 1.62 bits per heavy atom. The van der Waals surface area contributed by atoms with Gasteiger partial charge in [0.15, 0.2) is 0 Å². The Hall–Kier alpha value is -3.80. The van der Waals surface area contributed by atoms with Gasteiger partial charge in [0.2, 0.25) is 5.91 Å². The van der Waals surface area contributed by atoms with Gasteiger partial charge >= 0.3 is 6.03 Å². The summed E-state index contributed by atoms with van der Waals surface area (Å²) in [5.41, 5.74) is 2.49. The smallest absolute Gasteiger partial charge is 0.326 e. The molecule has 0 saturated heterocycles. The van der Waals surface area contributed by atoms with Crippen molar-refractivity contribution in [3.8, 4) is 11.5 Å². The molecule has 3 amide bonds. The molecule has 3 rings (SSSR count). The lowest BCUT2D eigenvalue weighted by Gasteiger charge is -2.24. The fraction of sp³-hybridized carbons (Fsp3) is 0.231. The van der Waals surface area contributed by atoms with E-state index in [9.17, 15) is 9.59 Å². The number of nitrogens with zero attached hydrogens (tertiary/aromatic N) is 1. The second-order valence-corrected chi connectivity index (χ2v) is 7.46. The molecule has 0 aromatic heterocycles. The molecule has 0 aliphatic carbocycles. The minimum absolute atomic E-state index is 0.0156. The number of carbonyl (C=O) groups is 2. The van der Waals surface area contributed by atoms with E-state index < -0.39 is 0 Å². The van der Waals surface area contributed by atoms with Crippen molar-refractivity contribution in [1.82, 2.24) is 5.32 Å². The van der Waals surface area contributed by atoms with Gasteiger partial charge < -0.3 is 15.4 Å². The minimum atomic E-state index is -0.267. The lowest BCUT2D eigenvalue weighted by molar-refractivity contribution is -0.121. The van der Waals surface area contributed by atoms with Crippen LogP contribution in [-0.2, 0) is 4.79 Å². The van der Waals surface area contributed by atoms with Crippen molar-refractivity contribution in [2.75, 3.05) is 23.3 Å². The summed E-state index contributed by atoms with van der Waals surface area (Å²) in [5.74, 6) is 1.40. The summed E-state index contributed by atoms with van der Waals surface area (Å²) in [7, 11) is 0. The van der Waals surface area contributed by atoms with E-state index in [1.54, 1.807) is 4.90 Å². The average Bonchev–Trinajstić information content (AvgIpc) is 2.78. The summed E-state index contributed by atoms with van der Waals surface area (Å²) >= 11 is 0. The number of rotatable bonds is 9. The number of urea groups is 1. The van der Waals surface area contributed by atoms with Gasteiger partial charge in [-0.3, -0.25) is 9.69 Å². The highest BCUT2D eigenvalue weighted by molar-refractivity contribution is 6.01. The van der Waals surface area contributed by atoms with Gasteiger partial charge in [-0.25, -0.2) is 4.79 Å². The second-order valence-electron chi connectivity index (χ2n) is 7.46. The molecule has 0 spiro atoms. The monoisotopic (exact) mass is 431 g/mol. The van der Waals surface area contributed by atoms with E-state index >= 15 is 0 Å². The van der Waals surface area contributed by atoms with Crippen molar-refractivity contribution in [1.29, 1.82) is 0 Å². The molecule has 0 aliphatic rings. The quantitative estimate of drug-likeness (QED) is 0.454. The number of aryl methyl sites for hydroxylation is 1. The lowest BCUT2D eigenvalue weighted by atomic mass is 10.2. The number of ether oxygens (including phenoxy) is 1. The van der Waals surface area contributed by atoms with E-state index in [2.05, 4.69) is 10.6 Å². The van der Waals surface area contributed by atoms with Crippen molar-refractivity contribution in [3.05, 3.63) is 84.4 Å². The van der Waals surface area contributed by atoms with Crippen LogP contribution in [0.2, 0.25) is 0 Å². The molecule has 0 saturated carbocycles. The third kappa shape index (κ3) is 6.87. The third-order valence-electron chi connectivity index (χ3n) is 4.78. The molecule has 0 aliphatic heterocycles. The number of anilines is 2. The number of nitrogens with one attached hydrogen (secondary N) is 2. The minimum Gasteiger partial charge on any atom is -0.457 e. The first kappa shape index (κ1) is 22.9. The van der Waals surface area contributed by atoms with Gasteiger partial charge in [-0.05, 0) is 67.4 Å². The highest BCUT2D eigenvalue weighted by Gasteiger charge is 2.16. The van der Waals surface area contributed by atoms with Crippen molar-refractivity contribution < 1.29 is 14.3 Å². The van der Waals surface area contributed by atoms with Crippen LogP contribution in [0.3, 0.4) is 0 Å². The van der Waals surface area contributed by atoms with Gasteiger partial charge in [0, 0.05) is 30.9 Å². The molecule has 166 valence electrons. The van der Waals surface area contributed by atoms with E-state index in [4.69, 9.17) is 4.74 Å². The summed E-state index contributed by atoms with van der Waals surface area (Å²) in [4.78, 5) is 26.5. The molecule has 3 aromatic carbocycles. The molecule has 0 heterocycles. The van der Waals surface area contributed by atoms with Crippen LogP contribution in [0.1, 0.15) is 25.3 Å². The highest BCUT2D eigenvalue weighted by atomic mass is 16.5. The fourth-order valence-corrected chi connectivity index (χ4v) is 3.20. The molecule has 0 unspecified atom stereocenters. The number of hydrogen-bond acceptors (Lipinski definition) is 3. The standard InChI is InChI=1S/C26H29N3O3/c1-3-8-25(30)27-17-18-29(26(31)28-21-10-7-9-20(2)19-21)22-13-15-24(16-14-22)32-23-11-5-4-6-12-23/h4-7,9-16,19H,3,8,17-18H2,1-2H3,(H,27,30)(H,28,31). The van der Waals surface area contributed by atoms with Crippen LogP contribution in [0.25, 0.3) is 0 Å². The van der Waals surface area contributed by atoms with Crippen LogP contribution in [0, 0.1) is 6.92 Å². The highest BCUT2D eigenvalue weighted by Crippen LogP contribution is 2.25. The molecule has 0 radical (unpaired) electrons. The van der Waals surface area contributed by atoms with Gasteiger partial charge in [-0.2, -0.15) is 0 Å². The Kier molecular flexibility index (Phi) is 8.26. The topological polar surface area (TPSA) is 70.7 Å². The molecule has 2 N–H and O–H groups in total. The van der Waals surface area contributed by atoms with Crippen molar-refractivity contribution in [2.45, 2.75) is 26.7 Å². The molecule has 6 nitrogen and oxygen atoms in total. The van der Waals surface area contributed by atoms with Crippen LogP contribution in [0.15, 0.2) is 78.9 Å². The maximum absolute atomic E-state index is 13.1. The SMILES string of the molecule is CCCC(=O)NCCN(C(=O)Nc1cccc(C)c1)c1ccc(Oc2ccccc2)cc1. The van der Waals surface area contributed by atoms with Gasteiger partial charge in [-0.1, -0.05) is 37.3 Å².